The van der Waals surface area contributed by atoms with E-state index < -0.39 is 85.9 Å². The van der Waals surface area contributed by atoms with Gasteiger partial charge in [-0.2, -0.15) is 5.26 Å². The van der Waals surface area contributed by atoms with E-state index in [2.05, 4.69) is 19.3 Å². The summed E-state index contributed by atoms with van der Waals surface area (Å²) in [6, 6.07) is 5.40. The summed E-state index contributed by atoms with van der Waals surface area (Å²) in [4.78, 5) is 38.8. The zero-order valence-electron chi connectivity index (χ0n) is 24.5. The maximum atomic E-state index is 15.6. The highest BCUT2D eigenvalue weighted by atomic mass is 35.5. The maximum absolute atomic E-state index is 15.6. The topological polar surface area (TPSA) is 135 Å². The summed E-state index contributed by atoms with van der Waals surface area (Å²) in [7, 11) is -3.60. The fraction of sp³-hybridized carbons (Fsp3) is 0.517. The molecule has 4 heterocycles. The number of rotatable bonds is 6. The van der Waals surface area contributed by atoms with Gasteiger partial charge in [0.2, 0.25) is 0 Å². The van der Waals surface area contributed by atoms with Crippen molar-refractivity contribution < 1.29 is 31.7 Å². The van der Waals surface area contributed by atoms with Gasteiger partial charge in [-0.25, -0.2) is 21.7 Å². The van der Waals surface area contributed by atoms with Gasteiger partial charge in [0.1, 0.15) is 41.0 Å². The maximum Gasteiger partial charge on any atom is 0.312 e. The van der Waals surface area contributed by atoms with Gasteiger partial charge in [0, 0.05) is 24.0 Å². The number of hydrogen-bond donors (Lipinski definition) is 0. The fourth-order valence-corrected chi connectivity index (χ4v) is 8.85. The molecule has 0 unspecified atom stereocenters. The minimum atomic E-state index is -3.60. The number of alkyl halides is 2. The van der Waals surface area contributed by atoms with E-state index >= 15 is 4.39 Å². The van der Waals surface area contributed by atoms with Gasteiger partial charge in [0.15, 0.2) is 5.78 Å². The van der Waals surface area contributed by atoms with E-state index in [4.69, 9.17) is 21.6 Å². The summed E-state index contributed by atoms with van der Waals surface area (Å²) in [6.07, 6.45) is -0.564. The van der Waals surface area contributed by atoms with Crippen LogP contribution in [0.2, 0.25) is 5.02 Å². The van der Waals surface area contributed by atoms with E-state index in [1.165, 1.54) is 39.1 Å². The third-order valence-electron chi connectivity index (χ3n) is 7.47. The first-order chi connectivity index (χ1) is 19.7. The molecule has 0 aromatic carbocycles. The van der Waals surface area contributed by atoms with E-state index in [1.807, 2.05) is 6.07 Å². The Hall–Kier alpha value is -3.37. The molecule has 0 bridgehead atoms. The zero-order valence-corrected chi connectivity index (χ0v) is 26.1. The molecule has 0 radical (unpaired) electrons. The smallest absolute Gasteiger partial charge is 0.312 e. The first-order valence-corrected chi connectivity index (χ1v) is 15.3. The van der Waals surface area contributed by atoms with Gasteiger partial charge in [0.05, 0.1) is 43.2 Å². The lowest BCUT2D eigenvalue weighted by atomic mass is 9.87. The van der Waals surface area contributed by atoms with Gasteiger partial charge in [0.25, 0.3) is 5.92 Å². The molecule has 0 saturated heterocycles. The van der Waals surface area contributed by atoms with Crippen LogP contribution >= 0.6 is 11.6 Å². The van der Waals surface area contributed by atoms with Crippen molar-refractivity contribution in [1.29, 1.82) is 5.26 Å². The predicted octanol–water partition coefficient (Wildman–Crippen LogP) is 5.62. The van der Waals surface area contributed by atoms with Gasteiger partial charge < -0.3 is 4.74 Å². The number of fused-ring (bicyclic) bond motifs is 1. The molecule has 9 nitrogen and oxygen atoms in total. The minimum absolute atomic E-state index is 0.0459. The van der Waals surface area contributed by atoms with Gasteiger partial charge in [-0.3, -0.25) is 24.5 Å². The Kier molecular flexibility index (Phi) is 8.30. The highest BCUT2D eigenvalue weighted by molar-refractivity contribution is 7.96. The van der Waals surface area contributed by atoms with Crippen LogP contribution < -0.4 is 0 Å². The summed E-state index contributed by atoms with van der Waals surface area (Å²) in [5.41, 5.74) is -3.10. The molecule has 43 heavy (non-hydrogen) atoms. The Labute approximate surface area is 253 Å². The van der Waals surface area contributed by atoms with Crippen LogP contribution in [0.15, 0.2) is 33.8 Å². The summed E-state index contributed by atoms with van der Waals surface area (Å²) in [5, 5.41) is 7.48. The van der Waals surface area contributed by atoms with Crippen molar-refractivity contribution in [2.45, 2.75) is 87.9 Å². The van der Waals surface area contributed by atoms with E-state index in [-0.39, 0.29) is 27.7 Å². The van der Waals surface area contributed by atoms with Crippen molar-refractivity contribution in [3.8, 4) is 6.07 Å². The van der Waals surface area contributed by atoms with Crippen LogP contribution in [0.5, 0.6) is 0 Å². The number of pyridine rings is 2. The molecule has 3 atom stereocenters. The SMILES string of the molecule is CC(C)(C)OC(=O)CC1=N[C@](C)(c2nc(CC(=O)c3ncc(C#N)cc3Cl)ccc2F)[C@H]2CC(F)(F)CN=[S@]2(=O)C1(C)C. The number of nitriles is 1. The number of aromatic nitrogens is 2. The number of carbonyl (C=O) groups excluding carboxylic acids is 2. The van der Waals surface area contributed by atoms with E-state index in [9.17, 15) is 22.6 Å². The minimum Gasteiger partial charge on any atom is -0.460 e. The van der Waals surface area contributed by atoms with Crippen molar-refractivity contribution in [3.63, 3.8) is 0 Å². The third-order valence-corrected chi connectivity index (χ3v) is 11.4. The lowest BCUT2D eigenvalue weighted by Crippen LogP contribution is -2.61. The summed E-state index contributed by atoms with van der Waals surface area (Å²) < 4.78 is 67.9. The van der Waals surface area contributed by atoms with Crippen LogP contribution in [0, 0.1) is 17.1 Å². The molecule has 2 aliphatic heterocycles. The first kappa shape index (κ1) is 32.5. The van der Waals surface area contributed by atoms with Gasteiger partial charge in [-0.15, -0.1) is 0 Å². The Morgan fingerprint density at radius 3 is 2.49 bits per heavy atom. The highest BCUT2D eigenvalue weighted by Crippen LogP contribution is 2.50. The number of halogens is 4. The van der Waals surface area contributed by atoms with Crippen LogP contribution in [-0.4, -0.2) is 59.7 Å². The number of carbonyl (C=O) groups is 2. The standard InChI is InChI=1S/C29H31ClF3N5O4S/c1-26(2,3)42-23(40)11-21-27(4,5)43(41)22(12-29(32,33)15-36-43)28(6,38-21)25-19(31)8-7-17(37-25)10-20(39)24-18(30)9-16(13-34)14-35-24/h7-9,14,22H,10-12,15H2,1-6H3/t22-,28+,43-/m1/s1. The van der Waals surface area contributed by atoms with Crippen LogP contribution in [0.25, 0.3) is 0 Å². The van der Waals surface area contributed by atoms with Crippen LogP contribution in [-0.2, 0) is 31.2 Å². The molecule has 0 aliphatic carbocycles. The van der Waals surface area contributed by atoms with Crippen LogP contribution in [0.4, 0.5) is 13.2 Å². The number of hydrogen-bond acceptors (Lipinski definition) is 9. The molecular weight excluding hydrogens is 607 g/mol. The Morgan fingerprint density at radius 1 is 1.21 bits per heavy atom. The second kappa shape index (κ2) is 11.0. The van der Waals surface area contributed by atoms with Crippen molar-refractivity contribution in [3.05, 3.63) is 57.9 Å². The van der Waals surface area contributed by atoms with Crippen molar-refractivity contribution in [2.24, 2.45) is 9.36 Å². The highest BCUT2D eigenvalue weighted by Gasteiger charge is 2.61. The Bertz CT molecular complexity index is 1710. The quantitative estimate of drug-likeness (QED) is 0.296. The molecule has 0 saturated carbocycles. The lowest BCUT2D eigenvalue weighted by molar-refractivity contribution is -0.153. The molecule has 0 N–H and O–H groups in total. The van der Waals surface area contributed by atoms with Crippen molar-refractivity contribution in [1.82, 2.24) is 9.97 Å². The molecule has 2 aromatic rings. The average molecular weight is 638 g/mol. The second-order valence-electron chi connectivity index (χ2n) is 12.3. The van der Waals surface area contributed by atoms with Gasteiger partial charge >= 0.3 is 5.97 Å². The normalized spacial score (nSPS) is 25.9. The number of ether oxygens (including phenoxy) is 1. The van der Waals surface area contributed by atoms with Gasteiger partial charge in [-0.1, -0.05) is 11.6 Å². The molecule has 0 amide bonds. The molecule has 230 valence electrons. The summed E-state index contributed by atoms with van der Waals surface area (Å²) >= 11 is 6.13. The number of Topliss-reactive ketones (excluding diaryl/α,β-unsaturated/α-hetero) is 1. The molecule has 0 fully saturated rings. The Balaban J connectivity index is 1.85. The molecule has 2 aromatic heterocycles. The average Bonchev–Trinajstić information content (AvgIpc) is 2.88. The number of ketones is 1. The van der Waals surface area contributed by atoms with E-state index in [0.717, 1.165) is 6.07 Å². The lowest BCUT2D eigenvalue weighted by Gasteiger charge is -2.49. The third kappa shape index (κ3) is 6.17. The summed E-state index contributed by atoms with van der Waals surface area (Å²) in [5.74, 6) is -5.55. The molecule has 14 heteroatoms. The molecule has 4 rings (SSSR count). The fourth-order valence-electron chi connectivity index (χ4n) is 5.27. The van der Waals surface area contributed by atoms with Crippen LogP contribution in [0.3, 0.4) is 0 Å². The number of nitrogens with zero attached hydrogens (tertiary/aromatic N) is 5. The van der Waals surface area contributed by atoms with E-state index in [0.29, 0.717) is 0 Å². The molecule has 2 aliphatic rings. The largest absolute Gasteiger partial charge is 0.460 e. The number of aliphatic imine (C=N–C) groups is 1. The first-order valence-electron chi connectivity index (χ1n) is 13.4. The zero-order chi connectivity index (χ0) is 32.2. The van der Waals surface area contributed by atoms with Gasteiger partial charge in [-0.05, 0) is 59.7 Å². The van der Waals surface area contributed by atoms with E-state index in [1.54, 1.807) is 20.8 Å². The van der Waals surface area contributed by atoms with Crippen LogP contribution in [0.1, 0.15) is 81.8 Å². The number of esters is 1. The molecular formula is C29H31ClF3N5O4S. The summed E-state index contributed by atoms with van der Waals surface area (Å²) in [6.45, 7) is 8.40. The van der Waals surface area contributed by atoms with Crippen molar-refractivity contribution >= 4 is 38.8 Å². The monoisotopic (exact) mass is 637 g/mol. The predicted molar refractivity (Wildman–Crippen MR) is 154 cm³/mol. The molecule has 0 spiro atoms. The van der Waals surface area contributed by atoms with Crippen molar-refractivity contribution in [2.75, 3.05) is 6.54 Å². The Morgan fingerprint density at radius 2 is 1.88 bits per heavy atom. The second-order valence-corrected chi connectivity index (χ2v) is 15.7.